The fraction of sp³-hybridized carbons (Fsp3) is 0.556. The molecule has 1 heteroatoms. The van der Waals surface area contributed by atoms with Crippen molar-refractivity contribution >= 4 is 0 Å². The summed E-state index contributed by atoms with van der Waals surface area (Å²) in [4.78, 5) is 0. The molecule has 0 fully saturated rings. The molecule has 0 aliphatic carbocycles. The lowest BCUT2D eigenvalue weighted by Crippen LogP contribution is -2.06. The van der Waals surface area contributed by atoms with E-state index in [0.717, 1.165) is 13.0 Å². The largest absolute Gasteiger partial charge is 0.330 e. The number of hydrogen-bond acceptors (Lipinski definition) is 1. The van der Waals surface area contributed by atoms with Gasteiger partial charge in [0, 0.05) is 0 Å². The highest BCUT2D eigenvalue weighted by atomic mass is 14.5. The van der Waals surface area contributed by atoms with Crippen LogP contribution in [0.25, 0.3) is 0 Å². The minimum absolute atomic E-state index is 0.600. The highest BCUT2D eigenvalue weighted by molar-refractivity contribution is 5.10. The molecule has 10 heavy (non-hydrogen) atoms. The van der Waals surface area contributed by atoms with E-state index in [9.17, 15) is 0 Å². The van der Waals surface area contributed by atoms with Gasteiger partial charge in [0.25, 0.3) is 0 Å². The Morgan fingerprint density at radius 3 is 2.70 bits per heavy atom. The molecule has 0 aromatic rings. The van der Waals surface area contributed by atoms with Gasteiger partial charge in [-0.25, -0.2) is 0 Å². The second kappa shape index (κ2) is 5.24. The fourth-order valence-corrected chi connectivity index (χ4v) is 0.828. The first kappa shape index (κ1) is 9.44. The fourth-order valence-electron chi connectivity index (χ4n) is 0.828. The van der Waals surface area contributed by atoms with Gasteiger partial charge >= 0.3 is 0 Å². The minimum atomic E-state index is 0.600. The molecule has 0 radical (unpaired) electrons. The first-order valence-corrected chi connectivity index (χ1v) is 3.71. The van der Waals surface area contributed by atoms with Gasteiger partial charge in [0.2, 0.25) is 0 Å². The van der Waals surface area contributed by atoms with Crippen molar-refractivity contribution in [3.8, 4) is 0 Å². The van der Waals surface area contributed by atoms with Crippen molar-refractivity contribution in [2.24, 2.45) is 11.7 Å². The number of allylic oxidation sites excluding steroid dienone is 3. The predicted molar refractivity (Wildman–Crippen MR) is 46.8 cm³/mol. The summed E-state index contributed by atoms with van der Waals surface area (Å²) in [5.41, 5.74) is 6.77. The third-order valence-corrected chi connectivity index (χ3v) is 1.76. The van der Waals surface area contributed by atoms with Crippen LogP contribution in [-0.2, 0) is 0 Å². The summed E-state index contributed by atoms with van der Waals surface area (Å²) in [5.74, 6) is 0.600. The normalized spacial score (nSPS) is 14.9. The van der Waals surface area contributed by atoms with E-state index in [1.807, 2.05) is 12.2 Å². The van der Waals surface area contributed by atoms with Crippen molar-refractivity contribution in [3.05, 3.63) is 24.3 Å². The molecule has 0 rings (SSSR count). The molecule has 0 heterocycles. The Bertz CT molecular complexity index is 125. The SMILES string of the molecule is C=C/C=C(\C)C(C)CCN. The predicted octanol–water partition coefficient (Wildman–Crippen LogP) is 2.10. The summed E-state index contributed by atoms with van der Waals surface area (Å²) in [6.45, 7) is 8.70. The van der Waals surface area contributed by atoms with E-state index < -0.39 is 0 Å². The van der Waals surface area contributed by atoms with Crippen LogP contribution in [-0.4, -0.2) is 6.54 Å². The first-order chi connectivity index (χ1) is 4.72. The number of rotatable bonds is 4. The standard InChI is InChI=1S/C9H17N/c1-4-5-8(2)9(3)6-7-10/h4-5,9H,1,6-7,10H2,2-3H3/b8-5+. The lowest BCUT2D eigenvalue weighted by molar-refractivity contribution is 0.623. The summed E-state index contributed by atoms with van der Waals surface area (Å²) in [6, 6.07) is 0. The van der Waals surface area contributed by atoms with Gasteiger partial charge in [-0.15, -0.1) is 0 Å². The Morgan fingerprint density at radius 1 is 1.70 bits per heavy atom. The Balaban J connectivity index is 3.80. The second-order valence-corrected chi connectivity index (χ2v) is 2.62. The Labute approximate surface area is 63.6 Å². The van der Waals surface area contributed by atoms with E-state index in [1.165, 1.54) is 5.57 Å². The molecule has 0 bridgehead atoms. The zero-order valence-corrected chi connectivity index (χ0v) is 6.93. The van der Waals surface area contributed by atoms with Gasteiger partial charge in [-0.1, -0.05) is 31.2 Å². The van der Waals surface area contributed by atoms with Crippen LogP contribution < -0.4 is 5.73 Å². The molecule has 2 N–H and O–H groups in total. The molecule has 0 spiro atoms. The van der Waals surface area contributed by atoms with Crippen molar-refractivity contribution in [1.82, 2.24) is 0 Å². The van der Waals surface area contributed by atoms with Gasteiger partial charge in [-0.3, -0.25) is 0 Å². The Morgan fingerprint density at radius 2 is 2.30 bits per heavy atom. The van der Waals surface area contributed by atoms with E-state index in [2.05, 4.69) is 20.4 Å². The minimum Gasteiger partial charge on any atom is -0.330 e. The molecule has 0 saturated heterocycles. The molecule has 0 aromatic heterocycles. The lowest BCUT2D eigenvalue weighted by Gasteiger charge is -2.08. The average molecular weight is 139 g/mol. The van der Waals surface area contributed by atoms with Gasteiger partial charge in [-0.2, -0.15) is 0 Å². The lowest BCUT2D eigenvalue weighted by atomic mass is 9.99. The molecule has 1 nitrogen and oxygen atoms in total. The summed E-state index contributed by atoms with van der Waals surface area (Å²) < 4.78 is 0. The molecule has 0 amide bonds. The van der Waals surface area contributed by atoms with E-state index in [0.29, 0.717) is 5.92 Å². The molecule has 0 aliphatic rings. The molecular formula is C9H17N. The molecule has 58 valence electrons. The Kier molecular flexibility index (Phi) is 4.95. The van der Waals surface area contributed by atoms with E-state index in [-0.39, 0.29) is 0 Å². The van der Waals surface area contributed by atoms with E-state index in [4.69, 9.17) is 5.73 Å². The summed E-state index contributed by atoms with van der Waals surface area (Å²) in [5, 5.41) is 0. The van der Waals surface area contributed by atoms with Crippen LogP contribution in [0.5, 0.6) is 0 Å². The maximum Gasteiger partial charge on any atom is -0.00717 e. The average Bonchev–Trinajstić information content (AvgIpc) is 1.89. The molecule has 0 saturated carbocycles. The molecule has 1 unspecified atom stereocenters. The Hall–Kier alpha value is -0.560. The highest BCUT2D eigenvalue weighted by Crippen LogP contribution is 2.12. The van der Waals surface area contributed by atoms with Gasteiger partial charge in [0.15, 0.2) is 0 Å². The second-order valence-electron chi connectivity index (χ2n) is 2.62. The summed E-state index contributed by atoms with van der Waals surface area (Å²) in [7, 11) is 0. The molecule has 0 aromatic carbocycles. The van der Waals surface area contributed by atoms with Gasteiger partial charge in [0.1, 0.15) is 0 Å². The van der Waals surface area contributed by atoms with Crippen molar-refractivity contribution in [2.75, 3.05) is 6.54 Å². The van der Waals surface area contributed by atoms with Crippen LogP contribution in [0.3, 0.4) is 0 Å². The van der Waals surface area contributed by atoms with Crippen LogP contribution in [0.2, 0.25) is 0 Å². The highest BCUT2D eigenvalue weighted by Gasteiger charge is 2.00. The summed E-state index contributed by atoms with van der Waals surface area (Å²) >= 11 is 0. The van der Waals surface area contributed by atoms with Crippen molar-refractivity contribution in [2.45, 2.75) is 20.3 Å². The zero-order chi connectivity index (χ0) is 7.98. The maximum absolute atomic E-state index is 5.41. The monoisotopic (exact) mass is 139 g/mol. The number of nitrogens with two attached hydrogens (primary N) is 1. The topological polar surface area (TPSA) is 26.0 Å². The van der Waals surface area contributed by atoms with Crippen LogP contribution in [0, 0.1) is 5.92 Å². The molecular weight excluding hydrogens is 122 g/mol. The zero-order valence-electron chi connectivity index (χ0n) is 6.93. The summed E-state index contributed by atoms with van der Waals surface area (Å²) in [6.07, 6.45) is 4.93. The van der Waals surface area contributed by atoms with Crippen LogP contribution in [0.15, 0.2) is 24.3 Å². The van der Waals surface area contributed by atoms with Crippen LogP contribution in [0.4, 0.5) is 0 Å². The molecule has 0 aliphatic heterocycles. The molecule has 1 atom stereocenters. The quantitative estimate of drug-likeness (QED) is 0.593. The first-order valence-electron chi connectivity index (χ1n) is 3.71. The smallest absolute Gasteiger partial charge is 0.00717 e. The van der Waals surface area contributed by atoms with Crippen LogP contribution in [0.1, 0.15) is 20.3 Å². The van der Waals surface area contributed by atoms with Crippen molar-refractivity contribution in [1.29, 1.82) is 0 Å². The van der Waals surface area contributed by atoms with Gasteiger partial charge in [0.05, 0.1) is 0 Å². The van der Waals surface area contributed by atoms with Crippen molar-refractivity contribution in [3.63, 3.8) is 0 Å². The maximum atomic E-state index is 5.41. The van der Waals surface area contributed by atoms with Crippen LogP contribution >= 0.6 is 0 Å². The van der Waals surface area contributed by atoms with Crippen molar-refractivity contribution < 1.29 is 0 Å². The number of hydrogen-bond donors (Lipinski definition) is 1. The van der Waals surface area contributed by atoms with Gasteiger partial charge < -0.3 is 5.73 Å². The third kappa shape index (κ3) is 3.46. The third-order valence-electron chi connectivity index (χ3n) is 1.76. The van der Waals surface area contributed by atoms with Gasteiger partial charge in [-0.05, 0) is 25.8 Å². The van der Waals surface area contributed by atoms with E-state index >= 15 is 0 Å². The van der Waals surface area contributed by atoms with E-state index in [1.54, 1.807) is 0 Å².